The number of aliphatic hydroxyl groups excluding tert-OH is 3. The third-order valence-electron chi connectivity index (χ3n) is 7.48. The van der Waals surface area contributed by atoms with Gasteiger partial charge in [0.2, 0.25) is 0 Å². The lowest BCUT2D eigenvalue weighted by Crippen LogP contribution is -2.36. The summed E-state index contributed by atoms with van der Waals surface area (Å²) in [6.07, 6.45) is 12.2. The van der Waals surface area contributed by atoms with Crippen molar-refractivity contribution in [1.29, 1.82) is 0 Å². The van der Waals surface area contributed by atoms with Crippen LogP contribution < -0.4 is 0 Å². The number of allylic oxidation sites excluding steroid dienone is 4. The second-order valence-corrected chi connectivity index (χ2v) is 11.6. The molecule has 0 aliphatic heterocycles. The first-order chi connectivity index (χ1) is 19.2. The monoisotopic (exact) mass is 580 g/mol. The molecule has 8 heteroatoms. The molecule has 0 aromatic carbocycles. The van der Waals surface area contributed by atoms with Crippen LogP contribution in [0.15, 0.2) is 34.9 Å². The maximum Gasteiger partial charge on any atom is 0.333 e. The summed E-state index contributed by atoms with van der Waals surface area (Å²) >= 11 is 0. The summed E-state index contributed by atoms with van der Waals surface area (Å²) in [6, 6.07) is 0. The van der Waals surface area contributed by atoms with Gasteiger partial charge in [-0.15, -0.1) is 0 Å². The highest BCUT2D eigenvalue weighted by Gasteiger charge is 2.26. The zero-order valence-corrected chi connectivity index (χ0v) is 26.4. The molecule has 0 heterocycles. The van der Waals surface area contributed by atoms with Crippen molar-refractivity contribution >= 4 is 17.7 Å². The number of aliphatic carboxylic acids is 1. The lowest BCUT2D eigenvalue weighted by molar-refractivity contribution is -0.157. The van der Waals surface area contributed by atoms with Crippen LogP contribution in [0.5, 0.6) is 0 Å². The highest BCUT2D eigenvalue weighted by Crippen LogP contribution is 2.23. The summed E-state index contributed by atoms with van der Waals surface area (Å²) in [5.41, 5.74) is 1.48. The molecule has 4 N–H and O–H groups in total. The van der Waals surface area contributed by atoms with E-state index < -0.39 is 49.2 Å². The summed E-state index contributed by atoms with van der Waals surface area (Å²) in [7, 11) is 0. The van der Waals surface area contributed by atoms with Crippen LogP contribution in [0.1, 0.15) is 113 Å². The molecule has 0 spiro atoms. The number of carboxylic acid groups (broad SMARTS) is 1. The van der Waals surface area contributed by atoms with Crippen LogP contribution in [-0.2, 0) is 19.1 Å². The van der Waals surface area contributed by atoms with E-state index in [0.29, 0.717) is 5.57 Å². The standard InChI is InChI=1S/C33H56O8/c1-8-9-10-11-12-13-14-15-16-23(3)31(38)24(4)17-22(2)18-25(5)32(39)26(6)19-27(7)33(40)41-29(21-34)28(35)20-30(36)37/h17-19,23-24,26,28-29,31,34-35,38H,8-16,20-21H2,1-7H3,(H,36,37)/b22-17+,25-18+,27-19+/t23-,24-,26+,28-,29+,31+/m0/s1. The molecule has 8 nitrogen and oxygen atoms in total. The van der Waals surface area contributed by atoms with Crippen molar-refractivity contribution in [1.82, 2.24) is 0 Å². The van der Waals surface area contributed by atoms with E-state index in [4.69, 9.17) is 9.84 Å². The van der Waals surface area contributed by atoms with E-state index in [1.165, 1.54) is 57.9 Å². The van der Waals surface area contributed by atoms with Gasteiger partial charge >= 0.3 is 11.9 Å². The van der Waals surface area contributed by atoms with Crippen molar-refractivity contribution < 1.29 is 39.5 Å². The summed E-state index contributed by atoms with van der Waals surface area (Å²) < 4.78 is 5.04. The first-order valence-corrected chi connectivity index (χ1v) is 15.2. The average Bonchev–Trinajstić information content (AvgIpc) is 2.90. The van der Waals surface area contributed by atoms with Crippen LogP contribution in [0.2, 0.25) is 0 Å². The number of ketones is 1. The summed E-state index contributed by atoms with van der Waals surface area (Å²) in [4.78, 5) is 36.1. The molecule has 0 bridgehead atoms. The lowest BCUT2D eigenvalue weighted by Gasteiger charge is -2.23. The maximum atomic E-state index is 12.9. The normalized spacial score (nSPS) is 17.4. The highest BCUT2D eigenvalue weighted by atomic mass is 16.6. The van der Waals surface area contributed by atoms with Crippen LogP contribution in [0.25, 0.3) is 0 Å². The summed E-state index contributed by atoms with van der Waals surface area (Å²) in [5, 5.41) is 38.8. The lowest BCUT2D eigenvalue weighted by atomic mass is 9.88. The van der Waals surface area contributed by atoms with E-state index in [0.717, 1.165) is 18.4 Å². The Bertz CT molecular complexity index is 888. The van der Waals surface area contributed by atoms with Gasteiger partial charge < -0.3 is 25.2 Å². The van der Waals surface area contributed by atoms with Crippen molar-refractivity contribution in [3.63, 3.8) is 0 Å². The first kappa shape index (κ1) is 38.7. The second kappa shape index (κ2) is 21.4. The van der Waals surface area contributed by atoms with Gasteiger partial charge in [-0.3, -0.25) is 9.59 Å². The number of aliphatic hydroxyl groups is 3. The molecule has 0 saturated carbocycles. The number of carbonyl (C=O) groups is 3. The molecule has 0 unspecified atom stereocenters. The topological polar surface area (TPSA) is 141 Å². The van der Waals surface area contributed by atoms with E-state index >= 15 is 0 Å². The number of rotatable bonds is 22. The van der Waals surface area contributed by atoms with E-state index in [1.54, 1.807) is 19.9 Å². The minimum absolute atomic E-state index is 0.0662. The summed E-state index contributed by atoms with van der Waals surface area (Å²) in [5.74, 6) is -2.85. The number of unbranched alkanes of at least 4 members (excludes halogenated alkanes) is 7. The van der Waals surface area contributed by atoms with Crippen LogP contribution >= 0.6 is 0 Å². The molecule has 0 aliphatic rings. The molecule has 0 fully saturated rings. The number of carbonyl (C=O) groups excluding carboxylic acids is 2. The van der Waals surface area contributed by atoms with Gasteiger partial charge in [-0.05, 0) is 38.7 Å². The van der Waals surface area contributed by atoms with Gasteiger partial charge in [0, 0.05) is 17.4 Å². The van der Waals surface area contributed by atoms with Crippen molar-refractivity contribution in [2.45, 2.75) is 131 Å². The maximum absolute atomic E-state index is 12.9. The molecule has 236 valence electrons. The SMILES string of the molecule is CCCCCCCCCC[C@H](C)[C@@H](O)[C@@H](C)/C=C(C)/C=C(\C)C(=O)[C@H](C)/C=C(\C)C(=O)O[C@H](CO)[C@@H](O)CC(=O)O. The fourth-order valence-corrected chi connectivity index (χ4v) is 4.92. The minimum atomic E-state index is -1.55. The van der Waals surface area contributed by atoms with Crippen molar-refractivity contribution in [3.8, 4) is 0 Å². The van der Waals surface area contributed by atoms with Crippen LogP contribution in [0.3, 0.4) is 0 Å². The Labute approximate surface area is 247 Å². The minimum Gasteiger partial charge on any atom is -0.481 e. The van der Waals surface area contributed by atoms with Gasteiger partial charge in [0.25, 0.3) is 0 Å². The largest absolute Gasteiger partial charge is 0.481 e. The van der Waals surface area contributed by atoms with Gasteiger partial charge in [0.15, 0.2) is 11.9 Å². The first-order valence-electron chi connectivity index (χ1n) is 15.2. The zero-order valence-electron chi connectivity index (χ0n) is 26.4. The van der Waals surface area contributed by atoms with Gasteiger partial charge in [0.1, 0.15) is 6.10 Å². The third-order valence-corrected chi connectivity index (χ3v) is 7.48. The molecule has 0 saturated heterocycles. The van der Waals surface area contributed by atoms with E-state index in [1.807, 2.05) is 19.9 Å². The van der Waals surface area contributed by atoms with Crippen molar-refractivity contribution in [2.75, 3.05) is 6.61 Å². The predicted octanol–water partition coefficient (Wildman–Crippen LogP) is 5.93. The third kappa shape index (κ3) is 16.7. The van der Waals surface area contributed by atoms with E-state index in [2.05, 4.69) is 13.8 Å². The van der Waals surface area contributed by atoms with Gasteiger partial charge in [-0.25, -0.2) is 4.79 Å². The zero-order chi connectivity index (χ0) is 31.5. The molecule has 0 radical (unpaired) electrons. The number of ether oxygens (including phenoxy) is 1. The molecule has 41 heavy (non-hydrogen) atoms. The molecule has 0 aliphatic carbocycles. The summed E-state index contributed by atoms with van der Waals surface area (Å²) in [6.45, 7) is 12.3. The average molecular weight is 581 g/mol. The second-order valence-electron chi connectivity index (χ2n) is 11.6. The Morgan fingerprint density at radius 1 is 0.829 bits per heavy atom. The Morgan fingerprint density at radius 3 is 1.93 bits per heavy atom. The van der Waals surface area contributed by atoms with Gasteiger partial charge in [-0.1, -0.05) is 103 Å². The smallest absolute Gasteiger partial charge is 0.333 e. The highest BCUT2D eigenvalue weighted by molar-refractivity contribution is 5.99. The number of hydrogen-bond donors (Lipinski definition) is 4. The van der Waals surface area contributed by atoms with Crippen molar-refractivity contribution in [2.24, 2.45) is 17.8 Å². The fourth-order valence-electron chi connectivity index (χ4n) is 4.92. The Morgan fingerprint density at radius 2 is 1.39 bits per heavy atom. The van der Waals surface area contributed by atoms with Gasteiger partial charge in [0.05, 0.1) is 19.1 Å². The molecule has 0 amide bonds. The molecule has 0 aromatic heterocycles. The predicted molar refractivity (Wildman–Crippen MR) is 162 cm³/mol. The molecular weight excluding hydrogens is 524 g/mol. The fraction of sp³-hybridized carbons (Fsp3) is 0.727. The van der Waals surface area contributed by atoms with E-state index in [-0.39, 0.29) is 23.2 Å². The van der Waals surface area contributed by atoms with E-state index in [9.17, 15) is 29.7 Å². The molecule has 0 aromatic rings. The number of carboxylic acids is 1. The molecule has 6 atom stereocenters. The molecule has 0 rings (SSSR count). The number of Topliss-reactive ketones (excluding diaryl/α,β-unsaturated/α-hetero) is 1. The van der Waals surface area contributed by atoms with Crippen LogP contribution in [-0.4, -0.2) is 63.1 Å². The Kier molecular flexibility index (Phi) is 20.2. The number of esters is 1. The van der Waals surface area contributed by atoms with Gasteiger partial charge in [-0.2, -0.15) is 0 Å². The number of hydrogen-bond acceptors (Lipinski definition) is 7. The Balaban J connectivity index is 4.96. The quantitative estimate of drug-likeness (QED) is 0.0534. The van der Waals surface area contributed by atoms with Crippen molar-refractivity contribution in [3.05, 3.63) is 34.9 Å². The Hall–Kier alpha value is -2.29. The van der Waals surface area contributed by atoms with Crippen LogP contribution in [0.4, 0.5) is 0 Å². The molecular formula is C33H56O8. The van der Waals surface area contributed by atoms with Crippen LogP contribution in [0, 0.1) is 17.8 Å².